The Morgan fingerprint density at radius 3 is 2.75 bits per heavy atom. The van der Waals surface area contributed by atoms with Crippen LogP contribution in [0.4, 0.5) is 0 Å². The van der Waals surface area contributed by atoms with Crippen molar-refractivity contribution >= 4 is 0 Å². The molecule has 0 radical (unpaired) electrons. The van der Waals surface area contributed by atoms with Crippen LogP contribution in [0.5, 0.6) is 0 Å². The molecule has 2 aromatic rings. The van der Waals surface area contributed by atoms with Gasteiger partial charge >= 0.3 is 0 Å². The molecule has 0 amide bonds. The molecule has 0 saturated carbocycles. The fourth-order valence-electron chi connectivity index (χ4n) is 2.28. The maximum atomic E-state index is 5.69. The highest BCUT2D eigenvalue weighted by atomic mass is 16.5. The smallest absolute Gasteiger partial charge is 0.239 e. The van der Waals surface area contributed by atoms with E-state index in [9.17, 15) is 0 Å². The summed E-state index contributed by atoms with van der Waals surface area (Å²) >= 11 is 0. The predicted molar refractivity (Wildman–Crippen MR) is 74.6 cm³/mol. The average molecular weight is 278 g/mol. The van der Waals surface area contributed by atoms with Crippen molar-refractivity contribution < 1.29 is 4.52 Å². The normalized spacial score (nSPS) is 13.6. The molecule has 0 fully saturated rings. The van der Waals surface area contributed by atoms with E-state index in [0.29, 0.717) is 30.0 Å². The number of aryl methyl sites for hydroxylation is 1. The Morgan fingerprint density at radius 2 is 2.15 bits per heavy atom. The first-order valence-corrected chi connectivity index (χ1v) is 6.89. The number of aromatic amines is 1. The zero-order valence-corrected chi connectivity index (χ0v) is 12.3. The van der Waals surface area contributed by atoms with Crippen molar-refractivity contribution in [3.8, 4) is 11.6 Å². The highest BCUT2D eigenvalue weighted by Gasteiger charge is 2.24. The first kappa shape index (κ1) is 14.6. The molecule has 0 spiro atoms. The lowest BCUT2D eigenvalue weighted by Gasteiger charge is -2.30. The number of nitrogens with zero attached hydrogens (tertiary/aromatic N) is 4. The van der Waals surface area contributed by atoms with Crippen molar-refractivity contribution in [3.05, 3.63) is 12.2 Å². The van der Waals surface area contributed by atoms with Crippen LogP contribution < -0.4 is 5.73 Å². The maximum Gasteiger partial charge on any atom is 0.239 e. The predicted octanol–water partition coefficient (Wildman–Crippen LogP) is 1.80. The molecule has 7 nitrogen and oxygen atoms in total. The molecule has 0 saturated heterocycles. The van der Waals surface area contributed by atoms with Crippen LogP contribution in [-0.4, -0.2) is 31.9 Å². The van der Waals surface area contributed by atoms with Crippen molar-refractivity contribution in [2.75, 3.05) is 6.54 Å². The lowest BCUT2D eigenvalue weighted by atomic mass is 9.76. The molecule has 1 atom stereocenters. The summed E-state index contributed by atoms with van der Waals surface area (Å²) in [5, 5.41) is 10.4. The molecule has 110 valence electrons. The number of nitrogens with two attached hydrogens (primary N) is 1. The summed E-state index contributed by atoms with van der Waals surface area (Å²) in [7, 11) is 0. The molecular weight excluding hydrogens is 256 g/mol. The standard InChI is InChI=1S/C13H22N6O/c1-13(2,3)9(6-7-14)4-5-10-17-12(19-20-10)11-15-8-16-18-11/h8-9H,4-7,14H2,1-3H3,(H,15,16,18). The summed E-state index contributed by atoms with van der Waals surface area (Å²) in [5.74, 6) is 2.13. The Hall–Kier alpha value is -1.76. The lowest BCUT2D eigenvalue weighted by molar-refractivity contribution is 0.208. The van der Waals surface area contributed by atoms with E-state index in [0.717, 1.165) is 19.3 Å². The zero-order chi connectivity index (χ0) is 14.6. The van der Waals surface area contributed by atoms with E-state index in [4.69, 9.17) is 10.3 Å². The molecule has 2 aromatic heterocycles. The number of aromatic nitrogens is 5. The Bertz CT molecular complexity index is 513. The van der Waals surface area contributed by atoms with Crippen molar-refractivity contribution in [1.82, 2.24) is 25.3 Å². The van der Waals surface area contributed by atoms with Gasteiger partial charge in [-0.1, -0.05) is 25.9 Å². The molecule has 0 aromatic carbocycles. The lowest BCUT2D eigenvalue weighted by Crippen LogP contribution is -2.24. The highest BCUT2D eigenvalue weighted by molar-refractivity contribution is 5.39. The van der Waals surface area contributed by atoms with Gasteiger partial charge in [0.15, 0.2) is 5.82 Å². The number of nitrogens with one attached hydrogen (secondary N) is 1. The van der Waals surface area contributed by atoms with Gasteiger partial charge in [-0.2, -0.15) is 10.1 Å². The first-order chi connectivity index (χ1) is 9.50. The molecule has 0 bridgehead atoms. The van der Waals surface area contributed by atoms with E-state index in [1.165, 1.54) is 6.33 Å². The third-order valence-electron chi connectivity index (χ3n) is 3.54. The van der Waals surface area contributed by atoms with Crippen molar-refractivity contribution in [3.63, 3.8) is 0 Å². The van der Waals surface area contributed by atoms with Crippen LogP contribution in [0, 0.1) is 11.3 Å². The van der Waals surface area contributed by atoms with Crippen LogP contribution in [0.25, 0.3) is 11.6 Å². The SMILES string of the molecule is CC(C)(C)C(CCN)CCc1nc(-c2ncn[nH]2)no1. The van der Waals surface area contributed by atoms with Crippen LogP contribution >= 0.6 is 0 Å². The van der Waals surface area contributed by atoms with E-state index in [1.54, 1.807) is 0 Å². The van der Waals surface area contributed by atoms with Crippen LogP contribution in [-0.2, 0) is 6.42 Å². The van der Waals surface area contributed by atoms with E-state index >= 15 is 0 Å². The Morgan fingerprint density at radius 1 is 1.35 bits per heavy atom. The summed E-state index contributed by atoms with van der Waals surface area (Å²) in [5.41, 5.74) is 5.92. The first-order valence-electron chi connectivity index (χ1n) is 6.89. The molecule has 2 heterocycles. The summed E-state index contributed by atoms with van der Waals surface area (Å²) in [4.78, 5) is 8.32. The molecule has 0 aliphatic carbocycles. The number of rotatable bonds is 6. The van der Waals surface area contributed by atoms with E-state index < -0.39 is 0 Å². The third-order valence-corrected chi connectivity index (χ3v) is 3.54. The van der Waals surface area contributed by atoms with Crippen LogP contribution in [0.3, 0.4) is 0 Å². The minimum atomic E-state index is 0.229. The van der Waals surface area contributed by atoms with E-state index in [-0.39, 0.29) is 5.41 Å². The monoisotopic (exact) mass is 278 g/mol. The summed E-state index contributed by atoms with van der Waals surface area (Å²) in [6.45, 7) is 7.42. The summed E-state index contributed by atoms with van der Waals surface area (Å²) < 4.78 is 5.25. The topological polar surface area (TPSA) is 107 Å². The van der Waals surface area contributed by atoms with Crippen molar-refractivity contribution in [2.24, 2.45) is 17.1 Å². The fraction of sp³-hybridized carbons (Fsp3) is 0.692. The van der Waals surface area contributed by atoms with Gasteiger partial charge in [0.05, 0.1) is 0 Å². The quantitative estimate of drug-likeness (QED) is 0.834. The molecular formula is C13H22N6O. The van der Waals surface area contributed by atoms with Gasteiger partial charge in [-0.15, -0.1) is 0 Å². The Balaban J connectivity index is 1.97. The minimum Gasteiger partial charge on any atom is -0.339 e. The largest absolute Gasteiger partial charge is 0.339 e. The molecule has 3 N–H and O–H groups in total. The molecule has 1 unspecified atom stereocenters. The summed E-state index contributed by atoms with van der Waals surface area (Å²) in [6.07, 6.45) is 4.16. The molecule has 0 aliphatic rings. The van der Waals surface area contributed by atoms with Crippen molar-refractivity contribution in [1.29, 1.82) is 0 Å². The number of hydrogen-bond donors (Lipinski definition) is 2. The van der Waals surface area contributed by atoms with Gasteiger partial charge in [0.1, 0.15) is 6.33 Å². The van der Waals surface area contributed by atoms with Crippen LogP contribution in [0.1, 0.15) is 39.5 Å². The molecule has 7 heteroatoms. The minimum absolute atomic E-state index is 0.229. The van der Waals surface area contributed by atoms with E-state index in [1.807, 2.05) is 0 Å². The van der Waals surface area contributed by atoms with Crippen molar-refractivity contribution in [2.45, 2.75) is 40.0 Å². The van der Waals surface area contributed by atoms with Gasteiger partial charge in [0.2, 0.25) is 11.7 Å². The third kappa shape index (κ3) is 3.63. The second-order valence-electron chi connectivity index (χ2n) is 6.02. The zero-order valence-electron chi connectivity index (χ0n) is 12.3. The van der Waals surface area contributed by atoms with E-state index in [2.05, 4.69) is 46.1 Å². The fourth-order valence-corrected chi connectivity index (χ4v) is 2.28. The second-order valence-corrected chi connectivity index (χ2v) is 6.02. The highest BCUT2D eigenvalue weighted by Crippen LogP contribution is 2.32. The number of hydrogen-bond acceptors (Lipinski definition) is 6. The number of H-pyrrole nitrogens is 1. The molecule has 20 heavy (non-hydrogen) atoms. The van der Waals surface area contributed by atoms with Gasteiger partial charge < -0.3 is 10.3 Å². The Labute approximate surface area is 118 Å². The van der Waals surface area contributed by atoms with Crippen LogP contribution in [0.2, 0.25) is 0 Å². The van der Waals surface area contributed by atoms with Gasteiger partial charge in [-0.25, -0.2) is 4.98 Å². The van der Waals surface area contributed by atoms with Gasteiger partial charge in [0.25, 0.3) is 0 Å². The Kier molecular flexibility index (Phi) is 4.49. The molecule has 0 aliphatic heterocycles. The maximum absolute atomic E-state index is 5.69. The second kappa shape index (κ2) is 6.13. The van der Waals surface area contributed by atoms with Crippen LogP contribution in [0.15, 0.2) is 10.9 Å². The summed E-state index contributed by atoms with van der Waals surface area (Å²) in [6, 6.07) is 0. The average Bonchev–Trinajstić information content (AvgIpc) is 3.03. The molecule has 2 rings (SSSR count). The van der Waals surface area contributed by atoms with Gasteiger partial charge in [0, 0.05) is 6.42 Å². The van der Waals surface area contributed by atoms with Gasteiger partial charge in [-0.05, 0) is 30.7 Å². The van der Waals surface area contributed by atoms with Gasteiger partial charge in [-0.3, -0.25) is 5.10 Å².